The van der Waals surface area contributed by atoms with Gasteiger partial charge in [0, 0.05) is 15.7 Å². The molecule has 0 spiro atoms. The first-order valence-electron chi connectivity index (χ1n) is 6.33. The minimum absolute atomic E-state index is 0.139. The van der Waals surface area contributed by atoms with Gasteiger partial charge in [-0.15, -0.1) is 11.3 Å². The molecule has 1 heterocycles. The molecule has 2 nitrogen and oxygen atoms in total. The average molecular weight is 364 g/mol. The average Bonchev–Trinajstić information content (AvgIpc) is 2.89. The van der Waals surface area contributed by atoms with Crippen LogP contribution in [0, 0.1) is 5.82 Å². The second kappa shape index (κ2) is 5.95. The van der Waals surface area contributed by atoms with Gasteiger partial charge in [0.15, 0.2) is 0 Å². The maximum absolute atomic E-state index is 13.2. The van der Waals surface area contributed by atoms with Gasteiger partial charge in [-0.1, -0.05) is 34.1 Å². The van der Waals surface area contributed by atoms with Crippen LogP contribution in [0.2, 0.25) is 0 Å². The molecule has 106 valence electrons. The first-order chi connectivity index (χ1) is 10.1. The Morgan fingerprint density at radius 2 is 1.90 bits per heavy atom. The van der Waals surface area contributed by atoms with Crippen molar-refractivity contribution in [2.45, 2.75) is 6.54 Å². The molecule has 3 aromatic rings. The second-order valence-electron chi connectivity index (χ2n) is 4.60. The van der Waals surface area contributed by atoms with Gasteiger partial charge in [-0.05, 0) is 41.3 Å². The van der Waals surface area contributed by atoms with Crippen molar-refractivity contribution in [3.8, 4) is 0 Å². The summed E-state index contributed by atoms with van der Waals surface area (Å²) in [6.45, 7) is 0.467. The fourth-order valence-corrected chi connectivity index (χ4v) is 3.26. The number of carbonyl (C=O) groups excluding carboxylic acids is 1. The topological polar surface area (TPSA) is 29.1 Å². The summed E-state index contributed by atoms with van der Waals surface area (Å²) >= 11 is 4.67. The number of hydrogen-bond acceptors (Lipinski definition) is 2. The largest absolute Gasteiger partial charge is 0.347 e. The first-order valence-corrected chi connectivity index (χ1v) is 7.94. The molecule has 1 aromatic heterocycles. The summed E-state index contributed by atoms with van der Waals surface area (Å²) in [5.41, 5.74) is 1.03. The number of hydrogen-bond donors (Lipinski definition) is 1. The Kier molecular flexibility index (Phi) is 4.03. The molecule has 0 fully saturated rings. The molecule has 0 saturated heterocycles. The van der Waals surface area contributed by atoms with Crippen molar-refractivity contribution in [1.29, 1.82) is 0 Å². The molecule has 0 saturated carbocycles. The third kappa shape index (κ3) is 3.31. The van der Waals surface area contributed by atoms with Crippen molar-refractivity contribution in [3.63, 3.8) is 0 Å². The third-order valence-corrected chi connectivity index (χ3v) is 4.70. The van der Waals surface area contributed by atoms with Gasteiger partial charge in [0.1, 0.15) is 5.82 Å². The highest BCUT2D eigenvalue weighted by atomic mass is 79.9. The van der Waals surface area contributed by atoms with E-state index in [1.54, 1.807) is 12.1 Å². The maximum atomic E-state index is 13.2. The number of benzene rings is 2. The van der Waals surface area contributed by atoms with Crippen LogP contribution in [0.25, 0.3) is 10.1 Å². The Morgan fingerprint density at radius 3 is 2.67 bits per heavy atom. The molecular formula is C16H11BrFNOS. The molecule has 0 bridgehead atoms. The van der Waals surface area contributed by atoms with Crippen LogP contribution in [0.15, 0.2) is 53.0 Å². The predicted octanol–water partition coefficient (Wildman–Crippen LogP) is 4.73. The zero-order valence-electron chi connectivity index (χ0n) is 10.9. The van der Waals surface area contributed by atoms with Crippen LogP contribution >= 0.6 is 27.3 Å². The highest BCUT2D eigenvalue weighted by Gasteiger charge is 2.10. The molecule has 5 heteroatoms. The lowest BCUT2D eigenvalue weighted by atomic mass is 10.2. The predicted molar refractivity (Wildman–Crippen MR) is 87.1 cm³/mol. The SMILES string of the molecule is O=C(NCc1ccc(Br)cc1)c1cc2ccc(F)cc2s1. The summed E-state index contributed by atoms with van der Waals surface area (Å²) in [7, 11) is 0. The monoisotopic (exact) mass is 363 g/mol. The molecule has 3 rings (SSSR count). The number of nitrogens with one attached hydrogen (secondary N) is 1. The highest BCUT2D eigenvalue weighted by Crippen LogP contribution is 2.26. The summed E-state index contributed by atoms with van der Waals surface area (Å²) in [6, 6.07) is 14.1. The number of rotatable bonds is 3. The lowest BCUT2D eigenvalue weighted by Crippen LogP contribution is -2.21. The molecule has 0 aliphatic rings. The number of thiophene rings is 1. The van der Waals surface area contributed by atoms with Crippen molar-refractivity contribution in [2.24, 2.45) is 0 Å². The fourth-order valence-electron chi connectivity index (χ4n) is 1.99. The van der Waals surface area contributed by atoms with E-state index in [4.69, 9.17) is 0 Å². The van der Waals surface area contributed by atoms with Gasteiger partial charge in [-0.3, -0.25) is 4.79 Å². The number of fused-ring (bicyclic) bond motifs is 1. The van der Waals surface area contributed by atoms with Gasteiger partial charge >= 0.3 is 0 Å². The minimum Gasteiger partial charge on any atom is -0.347 e. The molecule has 0 radical (unpaired) electrons. The number of halogens is 2. The molecule has 1 N–H and O–H groups in total. The van der Waals surface area contributed by atoms with Crippen LogP contribution in [0.1, 0.15) is 15.2 Å². The van der Waals surface area contributed by atoms with Crippen LogP contribution in [0.5, 0.6) is 0 Å². The van der Waals surface area contributed by atoms with Crippen molar-refractivity contribution < 1.29 is 9.18 Å². The summed E-state index contributed by atoms with van der Waals surface area (Å²) in [6.07, 6.45) is 0. The van der Waals surface area contributed by atoms with Crippen molar-refractivity contribution >= 4 is 43.3 Å². The Labute approximate surface area is 133 Å². The van der Waals surface area contributed by atoms with Gasteiger partial charge in [-0.25, -0.2) is 4.39 Å². The summed E-state index contributed by atoms with van der Waals surface area (Å²) < 4.78 is 14.9. The maximum Gasteiger partial charge on any atom is 0.261 e. The van der Waals surface area contributed by atoms with Crippen LogP contribution in [0.3, 0.4) is 0 Å². The van der Waals surface area contributed by atoms with E-state index in [2.05, 4.69) is 21.2 Å². The van der Waals surface area contributed by atoms with E-state index in [1.807, 2.05) is 24.3 Å². The summed E-state index contributed by atoms with van der Waals surface area (Å²) in [5, 5.41) is 3.76. The smallest absolute Gasteiger partial charge is 0.261 e. The zero-order chi connectivity index (χ0) is 14.8. The number of amides is 1. The number of carbonyl (C=O) groups is 1. The van der Waals surface area contributed by atoms with Crippen LogP contribution in [0.4, 0.5) is 4.39 Å². The van der Waals surface area contributed by atoms with Crippen molar-refractivity contribution in [2.75, 3.05) is 0 Å². The van der Waals surface area contributed by atoms with Crippen LogP contribution in [-0.4, -0.2) is 5.91 Å². The molecule has 1 amide bonds. The van der Waals surface area contributed by atoms with E-state index >= 15 is 0 Å². The van der Waals surface area contributed by atoms with Gasteiger partial charge < -0.3 is 5.32 Å². The van der Waals surface area contributed by atoms with E-state index in [-0.39, 0.29) is 11.7 Å². The van der Waals surface area contributed by atoms with E-state index in [1.165, 1.54) is 23.5 Å². The molecule has 0 aliphatic carbocycles. The second-order valence-corrected chi connectivity index (χ2v) is 6.60. The van der Waals surface area contributed by atoms with Gasteiger partial charge in [0.05, 0.1) is 4.88 Å². The highest BCUT2D eigenvalue weighted by molar-refractivity contribution is 9.10. The first kappa shape index (κ1) is 14.2. The Balaban J connectivity index is 1.73. The van der Waals surface area contributed by atoms with E-state index in [9.17, 15) is 9.18 Å². The Morgan fingerprint density at radius 1 is 1.14 bits per heavy atom. The van der Waals surface area contributed by atoms with E-state index in [0.29, 0.717) is 11.4 Å². The molecule has 0 unspecified atom stereocenters. The minimum atomic E-state index is -0.286. The van der Waals surface area contributed by atoms with Gasteiger partial charge in [-0.2, -0.15) is 0 Å². The van der Waals surface area contributed by atoms with Crippen molar-refractivity contribution in [3.05, 3.63) is 69.3 Å². The fraction of sp³-hybridized carbons (Fsp3) is 0.0625. The van der Waals surface area contributed by atoms with Crippen LogP contribution in [-0.2, 0) is 6.54 Å². The van der Waals surface area contributed by atoms with Gasteiger partial charge in [0.2, 0.25) is 0 Å². The lowest BCUT2D eigenvalue weighted by molar-refractivity contribution is 0.0955. The molecular weight excluding hydrogens is 353 g/mol. The van der Waals surface area contributed by atoms with Crippen LogP contribution < -0.4 is 5.32 Å². The summed E-state index contributed by atoms with van der Waals surface area (Å²) in [4.78, 5) is 12.7. The normalized spacial score (nSPS) is 10.8. The van der Waals surface area contributed by atoms with Crippen molar-refractivity contribution in [1.82, 2.24) is 5.32 Å². The van der Waals surface area contributed by atoms with Gasteiger partial charge in [0.25, 0.3) is 5.91 Å². The lowest BCUT2D eigenvalue weighted by Gasteiger charge is -2.03. The zero-order valence-corrected chi connectivity index (χ0v) is 13.3. The van der Waals surface area contributed by atoms with E-state index in [0.717, 1.165) is 20.1 Å². The molecule has 0 atom stereocenters. The third-order valence-electron chi connectivity index (χ3n) is 3.07. The molecule has 0 aliphatic heterocycles. The molecule has 2 aromatic carbocycles. The quantitative estimate of drug-likeness (QED) is 0.715. The standard InChI is InChI=1S/C16H11BrFNOS/c17-12-4-1-10(2-5-12)9-19-16(20)15-7-11-3-6-13(18)8-14(11)21-15/h1-8H,9H2,(H,19,20). The molecule has 21 heavy (non-hydrogen) atoms. The Bertz CT molecular complexity index is 798. The Hall–Kier alpha value is -1.72. The summed E-state index contributed by atoms with van der Waals surface area (Å²) in [5.74, 6) is -0.425. The van der Waals surface area contributed by atoms with E-state index < -0.39 is 0 Å².